The molecule has 0 amide bonds. The molecule has 1 aromatic heterocycles. The maximum atomic E-state index is 12.4. The second-order valence-electron chi connectivity index (χ2n) is 7.34. The van der Waals surface area contributed by atoms with Crippen LogP contribution in [0.2, 0.25) is 0 Å². The zero-order valence-electron chi connectivity index (χ0n) is 17.0. The van der Waals surface area contributed by atoms with Gasteiger partial charge in [0, 0.05) is 18.7 Å². The average molecular weight is 445 g/mol. The number of sulfone groups is 2. The summed E-state index contributed by atoms with van der Waals surface area (Å²) >= 11 is 0. The van der Waals surface area contributed by atoms with Gasteiger partial charge < -0.3 is 5.32 Å². The first-order valence-corrected chi connectivity index (χ1v) is 13.1. The van der Waals surface area contributed by atoms with Crippen LogP contribution in [0.15, 0.2) is 76.7 Å². The molecule has 1 N–H and O–H groups in total. The topological polar surface area (TPSA) is 93.2 Å². The van der Waals surface area contributed by atoms with Crippen molar-refractivity contribution in [2.24, 2.45) is 0 Å². The highest BCUT2D eigenvalue weighted by atomic mass is 32.2. The van der Waals surface area contributed by atoms with Crippen molar-refractivity contribution >= 4 is 25.4 Å². The van der Waals surface area contributed by atoms with Crippen LogP contribution in [0, 0.1) is 6.92 Å². The molecule has 0 aliphatic heterocycles. The van der Waals surface area contributed by atoms with E-state index in [1.807, 2.05) is 49.4 Å². The molecule has 0 saturated carbocycles. The fraction of sp³-hybridized carbons (Fsp3) is 0.227. The molecule has 0 aliphatic rings. The van der Waals surface area contributed by atoms with Crippen molar-refractivity contribution < 1.29 is 16.8 Å². The summed E-state index contributed by atoms with van der Waals surface area (Å²) in [6.07, 6.45) is 4.38. The predicted octanol–water partition coefficient (Wildman–Crippen LogP) is 3.59. The molecule has 2 aromatic carbocycles. The zero-order valence-corrected chi connectivity index (χ0v) is 18.7. The number of aromatic nitrogens is 1. The van der Waals surface area contributed by atoms with Gasteiger partial charge in [0.05, 0.1) is 27.2 Å². The molecular formula is C22H24N2O4S2. The van der Waals surface area contributed by atoms with E-state index in [1.165, 1.54) is 18.2 Å². The monoisotopic (exact) mass is 444 g/mol. The van der Waals surface area contributed by atoms with E-state index in [0.29, 0.717) is 12.1 Å². The fourth-order valence-electron chi connectivity index (χ4n) is 3.12. The summed E-state index contributed by atoms with van der Waals surface area (Å²) in [5.41, 5.74) is 3.31. The van der Waals surface area contributed by atoms with Gasteiger partial charge in [0.1, 0.15) is 0 Å². The highest BCUT2D eigenvalue weighted by Gasteiger charge is 2.21. The molecule has 158 valence electrons. The predicted molar refractivity (Wildman–Crippen MR) is 118 cm³/mol. The van der Waals surface area contributed by atoms with Crippen LogP contribution in [0.3, 0.4) is 0 Å². The number of hydrogen-bond donors (Lipinski definition) is 1. The van der Waals surface area contributed by atoms with Gasteiger partial charge in [0.15, 0.2) is 19.7 Å². The zero-order chi connectivity index (χ0) is 21.9. The van der Waals surface area contributed by atoms with Crippen molar-refractivity contribution in [3.8, 4) is 0 Å². The molecule has 0 saturated heterocycles. The maximum absolute atomic E-state index is 12.4. The Bertz CT molecular complexity index is 1240. The van der Waals surface area contributed by atoms with Gasteiger partial charge in [-0.15, -0.1) is 0 Å². The first kappa shape index (κ1) is 22.0. The number of nitrogens with zero attached hydrogens (tertiary/aromatic N) is 1. The van der Waals surface area contributed by atoms with Gasteiger partial charge in [0.2, 0.25) is 0 Å². The molecule has 0 aliphatic carbocycles. The Morgan fingerprint density at radius 2 is 1.60 bits per heavy atom. The Hall–Kier alpha value is -2.71. The summed E-state index contributed by atoms with van der Waals surface area (Å²) in [6.45, 7) is 2.01. The average Bonchev–Trinajstić information content (AvgIpc) is 2.68. The van der Waals surface area contributed by atoms with Crippen LogP contribution >= 0.6 is 0 Å². The van der Waals surface area contributed by atoms with E-state index < -0.39 is 19.7 Å². The van der Waals surface area contributed by atoms with E-state index in [9.17, 15) is 16.8 Å². The van der Waals surface area contributed by atoms with Crippen molar-refractivity contribution in [2.45, 2.75) is 29.2 Å². The second-order valence-corrected chi connectivity index (χ2v) is 11.3. The molecule has 1 atom stereocenters. The van der Waals surface area contributed by atoms with E-state index >= 15 is 0 Å². The second kappa shape index (κ2) is 8.57. The van der Waals surface area contributed by atoms with Crippen LogP contribution in [-0.4, -0.2) is 34.3 Å². The Kier molecular flexibility index (Phi) is 6.28. The van der Waals surface area contributed by atoms with Gasteiger partial charge in [-0.3, -0.25) is 4.98 Å². The number of aryl methyl sites for hydroxylation is 1. The smallest absolute Gasteiger partial charge is 0.177 e. The Morgan fingerprint density at radius 3 is 2.17 bits per heavy atom. The molecule has 1 heterocycles. The van der Waals surface area contributed by atoms with Gasteiger partial charge in [-0.25, -0.2) is 16.8 Å². The molecule has 0 radical (unpaired) electrons. The first-order chi connectivity index (χ1) is 14.0. The van der Waals surface area contributed by atoms with Crippen LogP contribution in [0.1, 0.15) is 22.9 Å². The summed E-state index contributed by atoms with van der Waals surface area (Å²) in [6, 6.07) is 17.5. The largest absolute Gasteiger partial charge is 0.375 e. The third-order valence-corrected chi connectivity index (χ3v) is 6.96. The first-order valence-electron chi connectivity index (χ1n) is 9.31. The molecule has 8 heteroatoms. The van der Waals surface area contributed by atoms with Crippen LogP contribution in [-0.2, 0) is 26.1 Å². The molecule has 6 nitrogen and oxygen atoms in total. The molecule has 0 fully saturated rings. The summed E-state index contributed by atoms with van der Waals surface area (Å²) in [5.74, 6) is 0. The minimum Gasteiger partial charge on any atom is -0.375 e. The number of hydrogen-bond acceptors (Lipinski definition) is 6. The van der Waals surface area contributed by atoms with Gasteiger partial charge in [0.25, 0.3) is 0 Å². The summed E-state index contributed by atoms with van der Waals surface area (Å²) in [7, 11) is -7.21. The quantitative estimate of drug-likeness (QED) is 0.599. The number of benzene rings is 2. The van der Waals surface area contributed by atoms with E-state index in [2.05, 4.69) is 10.3 Å². The van der Waals surface area contributed by atoms with Crippen molar-refractivity contribution in [3.63, 3.8) is 0 Å². The number of pyridine rings is 1. The maximum Gasteiger partial charge on any atom is 0.177 e. The SMILES string of the molecule is Cc1ccc(CC(Nc2ccc(S(C)(=O)=O)cc2S(C)(=O)=O)c2ccccn2)cc1. The van der Waals surface area contributed by atoms with Crippen LogP contribution in [0.25, 0.3) is 0 Å². The molecular weight excluding hydrogens is 420 g/mol. The van der Waals surface area contributed by atoms with E-state index in [1.54, 1.807) is 6.20 Å². The number of anilines is 1. The Morgan fingerprint density at radius 1 is 0.900 bits per heavy atom. The van der Waals surface area contributed by atoms with Crippen molar-refractivity contribution in [2.75, 3.05) is 17.8 Å². The molecule has 0 bridgehead atoms. The molecule has 3 aromatic rings. The van der Waals surface area contributed by atoms with Gasteiger partial charge >= 0.3 is 0 Å². The molecule has 3 rings (SSSR count). The lowest BCUT2D eigenvalue weighted by atomic mass is 10.0. The minimum absolute atomic E-state index is 0.0404. The molecule has 30 heavy (non-hydrogen) atoms. The van der Waals surface area contributed by atoms with Crippen LogP contribution < -0.4 is 5.32 Å². The van der Waals surface area contributed by atoms with Crippen molar-refractivity contribution in [1.82, 2.24) is 4.98 Å². The highest BCUT2D eigenvalue weighted by molar-refractivity contribution is 7.91. The highest BCUT2D eigenvalue weighted by Crippen LogP contribution is 2.29. The van der Waals surface area contributed by atoms with E-state index in [4.69, 9.17) is 0 Å². The fourth-order valence-corrected chi connectivity index (χ4v) is 4.71. The van der Waals surface area contributed by atoms with E-state index in [-0.39, 0.29) is 15.8 Å². The summed E-state index contributed by atoms with van der Waals surface area (Å²) in [4.78, 5) is 4.33. The third-order valence-electron chi connectivity index (χ3n) is 4.72. The molecule has 0 spiro atoms. The Labute approximate surface area is 177 Å². The van der Waals surface area contributed by atoms with Gasteiger partial charge in [-0.1, -0.05) is 35.9 Å². The summed E-state index contributed by atoms with van der Waals surface area (Å²) < 4.78 is 48.6. The summed E-state index contributed by atoms with van der Waals surface area (Å²) in [5, 5.41) is 3.28. The number of rotatable bonds is 7. The van der Waals surface area contributed by atoms with Crippen LogP contribution in [0.4, 0.5) is 5.69 Å². The number of nitrogens with one attached hydrogen (secondary N) is 1. The lowest BCUT2D eigenvalue weighted by molar-refractivity contribution is 0.600. The normalized spacial score (nSPS) is 13.0. The van der Waals surface area contributed by atoms with Crippen molar-refractivity contribution in [1.29, 1.82) is 0 Å². The van der Waals surface area contributed by atoms with Crippen LogP contribution in [0.5, 0.6) is 0 Å². The minimum atomic E-state index is -3.67. The van der Waals surface area contributed by atoms with E-state index in [0.717, 1.165) is 29.3 Å². The molecule has 1 unspecified atom stereocenters. The lowest BCUT2D eigenvalue weighted by Gasteiger charge is -2.22. The van der Waals surface area contributed by atoms with Crippen molar-refractivity contribution in [3.05, 3.63) is 83.7 Å². The third kappa shape index (κ3) is 5.46. The lowest BCUT2D eigenvalue weighted by Crippen LogP contribution is -2.17. The standard InChI is InChI=1S/C22H24N2O4S2/c1-16-7-9-17(10-8-16)14-21(19-6-4-5-13-23-19)24-20-12-11-18(29(2,25)26)15-22(20)30(3,27)28/h4-13,15,21,24H,14H2,1-3H3. The Balaban J connectivity index is 2.04. The van der Waals surface area contributed by atoms with Gasteiger partial charge in [-0.2, -0.15) is 0 Å². The van der Waals surface area contributed by atoms with Gasteiger partial charge in [-0.05, 0) is 49.2 Å².